The van der Waals surface area contributed by atoms with E-state index in [1.165, 1.54) is 25.9 Å². The average molecular weight is 258 g/mol. The minimum absolute atomic E-state index is 0.0237. The van der Waals surface area contributed by atoms with Crippen LogP contribution in [0, 0.1) is 11.3 Å². The van der Waals surface area contributed by atoms with Crippen LogP contribution in [0.1, 0.15) is 33.1 Å². The van der Waals surface area contributed by atoms with Crippen molar-refractivity contribution in [3.8, 4) is 0 Å². The van der Waals surface area contributed by atoms with Gasteiger partial charge in [-0.25, -0.2) is 0 Å². The second kappa shape index (κ2) is 7.43. The third kappa shape index (κ3) is 4.84. The van der Waals surface area contributed by atoms with Crippen LogP contribution in [0.15, 0.2) is 0 Å². The van der Waals surface area contributed by atoms with Crippen LogP contribution in [0.5, 0.6) is 0 Å². The minimum atomic E-state index is 0.0237. The van der Waals surface area contributed by atoms with Crippen molar-refractivity contribution in [2.45, 2.75) is 39.2 Å². The topological polar surface area (TPSA) is 55.7 Å². The van der Waals surface area contributed by atoms with Gasteiger partial charge in [0.25, 0.3) is 0 Å². The number of hydrogen-bond acceptors (Lipinski definition) is 4. The molecule has 4 heteroatoms. The first kappa shape index (κ1) is 15.9. The van der Waals surface area contributed by atoms with Crippen LogP contribution in [0.4, 0.5) is 0 Å². The van der Waals surface area contributed by atoms with Gasteiger partial charge in [-0.1, -0.05) is 13.8 Å². The Morgan fingerprint density at radius 3 is 2.67 bits per heavy atom. The molecule has 2 atom stereocenters. The van der Waals surface area contributed by atoms with Crippen LogP contribution in [0.25, 0.3) is 0 Å². The van der Waals surface area contributed by atoms with Crippen molar-refractivity contribution in [1.29, 1.82) is 0 Å². The predicted molar refractivity (Wildman–Crippen MR) is 74.6 cm³/mol. The maximum Gasteiger partial charge on any atom is 0.0585 e. The highest BCUT2D eigenvalue weighted by atomic mass is 16.3. The fraction of sp³-hybridized carbons (Fsp3) is 1.00. The van der Waals surface area contributed by atoms with E-state index in [1.807, 2.05) is 0 Å². The highest BCUT2D eigenvalue weighted by Crippen LogP contribution is 2.33. The number of piperidine rings is 1. The van der Waals surface area contributed by atoms with Gasteiger partial charge in [0.15, 0.2) is 0 Å². The third-order valence-corrected chi connectivity index (χ3v) is 4.27. The van der Waals surface area contributed by atoms with Gasteiger partial charge in [0, 0.05) is 25.7 Å². The number of likely N-dealkylation sites (tertiary alicyclic amines) is 1. The predicted octanol–water partition coefficient (Wildman–Crippen LogP) is 0.687. The fourth-order valence-electron chi connectivity index (χ4n) is 2.77. The zero-order valence-corrected chi connectivity index (χ0v) is 12.2. The summed E-state index contributed by atoms with van der Waals surface area (Å²) in [6.45, 7) is 8.11. The van der Waals surface area contributed by atoms with Gasteiger partial charge in [-0.3, -0.25) is 0 Å². The molecule has 1 fully saturated rings. The largest absolute Gasteiger partial charge is 0.396 e. The molecule has 0 bridgehead atoms. The molecule has 1 aliphatic heterocycles. The molecule has 2 unspecified atom stereocenters. The SMILES string of the molecule is CN1CCCC(C(C)(C)CNC(CO)CCO)C1. The molecule has 0 spiro atoms. The Hall–Kier alpha value is -0.160. The van der Waals surface area contributed by atoms with E-state index in [1.54, 1.807) is 0 Å². The summed E-state index contributed by atoms with van der Waals surface area (Å²) in [5, 5.41) is 21.5. The molecular weight excluding hydrogens is 228 g/mol. The lowest BCUT2D eigenvalue weighted by molar-refractivity contribution is 0.0944. The average Bonchev–Trinajstić information content (AvgIpc) is 2.34. The Bertz CT molecular complexity index is 234. The normalized spacial score (nSPS) is 24.2. The molecule has 108 valence electrons. The first-order valence-corrected chi connectivity index (χ1v) is 7.13. The van der Waals surface area contributed by atoms with Gasteiger partial charge in [0.05, 0.1) is 6.61 Å². The van der Waals surface area contributed by atoms with Gasteiger partial charge in [-0.05, 0) is 44.2 Å². The molecule has 1 heterocycles. The summed E-state index contributed by atoms with van der Waals surface area (Å²) >= 11 is 0. The van der Waals surface area contributed by atoms with Gasteiger partial charge in [-0.15, -0.1) is 0 Å². The van der Waals surface area contributed by atoms with E-state index in [-0.39, 0.29) is 24.7 Å². The lowest BCUT2D eigenvalue weighted by Crippen LogP contribution is -2.47. The van der Waals surface area contributed by atoms with Crippen LogP contribution in [0.3, 0.4) is 0 Å². The van der Waals surface area contributed by atoms with E-state index in [4.69, 9.17) is 5.11 Å². The van der Waals surface area contributed by atoms with Gasteiger partial charge in [-0.2, -0.15) is 0 Å². The molecule has 0 aromatic carbocycles. The first-order valence-electron chi connectivity index (χ1n) is 7.13. The number of rotatable bonds is 7. The quantitative estimate of drug-likeness (QED) is 0.629. The van der Waals surface area contributed by atoms with Crippen LogP contribution in [-0.4, -0.2) is 61.1 Å². The molecule has 3 N–H and O–H groups in total. The Kier molecular flexibility index (Phi) is 6.57. The maximum atomic E-state index is 9.22. The summed E-state index contributed by atoms with van der Waals surface area (Å²) in [7, 11) is 2.19. The smallest absolute Gasteiger partial charge is 0.0585 e. The molecule has 0 aromatic heterocycles. The molecule has 0 radical (unpaired) electrons. The van der Waals surface area contributed by atoms with Crippen molar-refractivity contribution in [3.63, 3.8) is 0 Å². The van der Waals surface area contributed by atoms with Gasteiger partial charge in [0.1, 0.15) is 0 Å². The summed E-state index contributed by atoms with van der Waals surface area (Å²) in [6, 6.07) is 0.0237. The zero-order valence-electron chi connectivity index (χ0n) is 12.2. The van der Waals surface area contributed by atoms with E-state index in [0.29, 0.717) is 12.3 Å². The highest BCUT2D eigenvalue weighted by Gasteiger charge is 2.32. The summed E-state index contributed by atoms with van der Waals surface area (Å²) in [4.78, 5) is 2.41. The van der Waals surface area contributed by atoms with E-state index in [2.05, 4.69) is 31.1 Å². The van der Waals surface area contributed by atoms with E-state index >= 15 is 0 Å². The van der Waals surface area contributed by atoms with Gasteiger partial charge in [0.2, 0.25) is 0 Å². The second-order valence-corrected chi connectivity index (χ2v) is 6.36. The Morgan fingerprint density at radius 1 is 1.39 bits per heavy atom. The molecule has 0 saturated carbocycles. The summed E-state index contributed by atoms with van der Waals surface area (Å²) in [5.74, 6) is 0.706. The monoisotopic (exact) mass is 258 g/mol. The van der Waals surface area contributed by atoms with Crippen LogP contribution in [-0.2, 0) is 0 Å². The number of hydrogen-bond donors (Lipinski definition) is 3. The molecule has 1 saturated heterocycles. The van der Waals surface area contributed by atoms with Crippen molar-refractivity contribution in [3.05, 3.63) is 0 Å². The van der Waals surface area contributed by atoms with Gasteiger partial charge < -0.3 is 20.4 Å². The van der Waals surface area contributed by atoms with Crippen molar-refractivity contribution in [2.75, 3.05) is 39.9 Å². The Morgan fingerprint density at radius 2 is 2.11 bits per heavy atom. The third-order valence-electron chi connectivity index (χ3n) is 4.27. The van der Waals surface area contributed by atoms with E-state index in [9.17, 15) is 5.11 Å². The number of aliphatic hydroxyl groups is 2. The maximum absolute atomic E-state index is 9.22. The minimum Gasteiger partial charge on any atom is -0.396 e. The van der Waals surface area contributed by atoms with E-state index in [0.717, 1.165) is 6.54 Å². The number of nitrogens with zero attached hydrogens (tertiary/aromatic N) is 1. The van der Waals surface area contributed by atoms with Crippen LogP contribution < -0.4 is 5.32 Å². The Labute approximate surface area is 111 Å². The second-order valence-electron chi connectivity index (χ2n) is 6.36. The van der Waals surface area contributed by atoms with Gasteiger partial charge >= 0.3 is 0 Å². The first-order chi connectivity index (χ1) is 8.49. The van der Waals surface area contributed by atoms with Crippen molar-refractivity contribution in [1.82, 2.24) is 10.2 Å². The van der Waals surface area contributed by atoms with Crippen molar-refractivity contribution >= 4 is 0 Å². The lowest BCUT2D eigenvalue weighted by atomic mass is 9.74. The van der Waals surface area contributed by atoms with Crippen LogP contribution in [0.2, 0.25) is 0 Å². The van der Waals surface area contributed by atoms with Crippen molar-refractivity contribution < 1.29 is 10.2 Å². The molecule has 0 amide bonds. The molecule has 1 aliphatic rings. The molecule has 0 aliphatic carbocycles. The molecular formula is C14H30N2O2. The zero-order chi connectivity index (χ0) is 13.6. The van der Waals surface area contributed by atoms with Crippen LogP contribution >= 0.6 is 0 Å². The number of aliphatic hydroxyl groups excluding tert-OH is 2. The molecule has 1 rings (SSSR count). The number of nitrogens with one attached hydrogen (secondary N) is 1. The molecule has 0 aromatic rings. The molecule has 18 heavy (non-hydrogen) atoms. The van der Waals surface area contributed by atoms with E-state index < -0.39 is 0 Å². The standard InChI is InChI=1S/C14H30N2O2/c1-14(2,11-15-13(10-18)6-8-17)12-5-4-7-16(3)9-12/h12-13,15,17-18H,4-11H2,1-3H3. The summed E-state index contributed by atoms with van der Waals surface area (Å²) in [6.07, 6.45) is 3.20. The molecule has 4 nitrogen and oxygen atoms in total. The Balaban J connectivity index is 2.42. The highest BCUT2D eigenvalue weighted by molar-refractivity contribution is 4.86. The summed E-state index contributed by atoms with van der Waals surface area (Å²) in [5.41, 5.74) is 0.234. The van der Waals surface area contributed by atoms with Crippen molar-refractivity contribution in [2.24, 2.45) is 11.3 Å². The fourth-order valence-corrected chi connectivity index (χ4v) is 2.77. The lowest BCUT2D eigenvalue weighted by Gasteiger charge is -2.41. The summed E-state index contributed by atoms with van der Waals surface area (Å²) < 4.78 is 0.